The number of nitriles is 2. The van der Waals surface area contributed by atoms with Crippen molar-refractivity contribution < 1.29 is 4.74 Å². The molecule has 2 aliphatic heterocycles. The van der Waals surface area contributed by atoms with E-state index in [4.69, 9.17) is 10.5 Å². The zero-order valence-corrected chi connectivity index (χ0v) is 14.0. The summed E-state index contributed by atoms with van der Waals surface area (Å²) in [5.41, 5.74) is 9.97. The van der Waals surface area contributed by atoms with Crippen molar-refractivity contribution in [2.45, 2.75) is 5.92 Å². The fourth-order valence-corrected chi connectivity index (χ4v) is 3.49. The molecule has 2 aromatic carbocycles. The van der Waals surface area contributed by atoms with Gasteiger partial charge < -0.3 is 15.8 Å². The van der Waals surface area contributed by atoms with Crippen LogP contribution in [0.25, 0.3) is 0 Å². The highest BCUT2D eigenvalue weighted by molar-refractivity contribution is 5.85. The first-order valence-electron chi connectivity index (χ1n) is 8.03. The fourth-order valence-electron chi connectivity index (χ4n) is 3.49. The zero-order chi connectivity index (χ0) is 18.3. The van der Waals surface area contributed by atoms with Crippen molar-refractivity contribution in [3.05, 3.63) is 82.6 Å². The number of hydrogen-bond acceptors (Lipinski definition) is 6. The molecule has 0 radical (unpaired) electrons. The smallest absolute Gasteiger partial charge is 0.149 e. The minimum Gasteiger partial charge on any atom is -0.496 e. The molecule has 4 rings (SSSR count). The van der Waals surface area contributed by atoms with Crippen molar-refractivity contribution in [3.8, 4) is 12.1 Å². The summed E-state index contributed by atoms with van der Waals surface area (Å²) in [4.78, 5) is 1.80. The van der Waals surface area contributed by atoms with Crippen molar-refractivity contribution in [2.24, 2.45) is 5.73 Å². The second-order valence-corrected chi connectivity index (χ2v) is 5.98. The van der Waals surface area contributed by atoms with Crippen LogP contribution >= 0.6 is 0 Å². The third-order valence-electron chi connectivity index (χ3n) is 4.61. The van der Waals surface area contributed by atoms with Gasteiger partial charge in [0.05, 0.1) is 47.7 Å². The summed E-state index contributed by atoms with van der Waals surface area (Å²) in [7, 11) is 1.54. The van der Waals surface area contributed by atoms with Gasteiger partial charge in [-0.15, -0.1) is 0 Å². The van der Waals surface area contributed by atoms with Crippen LogP contribution in [0.5, 0.6) is 0 Å². The Balaban J connectivity index is 1.96. The van der Waals surface area contributed by atoms with Crippen molar-refractivity contribution in [3.63, 3.8) is 0 Å². The van der Waals surface area contributed by atoms with Crippen LogP contribution in [0, 0.1) is 22.7 Å². The van der Waals surface area contributed by atoms with Gasteiger partial charge >= 0.3 is 0 Å². The Hall–Kier alpha value is -3.90. The van der Waals surface area contributed by atoms with Gasteiger partial charge in [0.2, 0.25) is 0 Å². The van der Waals surface area contributed by atoms with Gasteiger partial charge in [0, 0.05) is 0 Å². The molecular weight excluding hydrogens is 326 g/mol. The summed E-state index contributed by atoms with van der Waals surface area (Å²) >= 11 is 0. The summed E-state index contributed by atoms with van der Waals surface area (Å²) in [6.45, 7) is 0. The molecule has 0 aromatic heterocycles. The largest absolute Gasteiger partial charge is 0.496 e. The first kappa shape index (κ1) is 15.6. The minimum atomic E-state index is -0.480. The van der Waals surface area contributed by atoms with Gasteiger partial charge in [-0.25, -0.2) is 0 Å². The van der Waals surface area contributed by atoms with E-state index in [9.17, 15) is 10.5 Å². The lowest BCUT2D eigenvalue weighted by molar-refractivity contribution is 0.264. The summed E-state index contributed by atoms with van der Waals surface area (Å²) in [6, 6.07) is 19.3. The molecule has 2 heterocycles. The van der Waals surface area contributed by atoms with Crippen LogP contribution in [0.3, 0.4) is 0 Å². The topological polar surface area (TPSA) is 98.1 Å². The average molecular weight is 341 g/mol. The van der Waals surface area contributed by atoms with E-state index >= 15 is 0 Å². The van der Waals surface area contributed by atoms with Gasteiger partial charge in [0.1, 0.15) is 17.4 Å². The second-order valence-electron chi connectivity index (χ2n) is 5.98. The highest BCUT2D eigenvalue weighted by Gasteiger charge is 2.40. The number of nitrogens with two attached hydrogens (primary N) is 1. The number of benzene rings is 2. The van der Waals surface area contributed by atoms with Crippen LogP contribution in [-0.2, 0) is 4.74 Å². The maximum absolute atomic E-state index is 9.92. The molecule has 6 nitrogen and oxygen atoms in total. The second kappa shape index (κ2) is 5.87. The molecule has 1 unspecified atom stereocenters. The van der Waals surface area contributed by atoms with Crippen molar-refractivity contribution in [1.29, 1.82) is 10.5 Å². The number of ether oxygens (including phenoxy) is 1. The average Bonchev–Trinajstić information content (AvgIpc) is 3.07. The third kappa shape index (κ3) is 2.10. The van der Waals surface area contributed by atoms with Gasteiger partial charge in [-0.05, 0) is 29.8 Å². The number of allylic oxidation sites excluding steroid dienone is 1. The van der Waals surface area contributed by atoms with E-state index in [0.29, 0.717) is 28.5 Å². The third-order valence-corrected chi connectivity index (χ3v) is 4.61. The van der Waals surface area contributed by atoms with Crippen molar-refractivity contribution in [1.82, 2.24) is 0 Å². The summed E-state index contributed by atoms with van der Waals surface area (Å²) in [5.74, 6) is 1.05. The molecule has 0 aliphatic carbocycles. The Morgan fingerprint density at radius 3 is 2.65 bits per heavy atom. The molecule has 2 aliphatic rings. The number of fused-ring (bicyclic) bond motifs is 3. The highest BCUT2D eigenvalue weighted by atomic mass is 16.5. The van der Waals surface area contributed by atoms with Gasteiger partial charge in [-0.2, -0.15) is 10.5 Å². The van der Waals surface area contributed by atoms with Crippen LogP contribution in [-0.4, -0.2) is 7.11 Å². The number of para-hydroxylation sites is 2. The van der Waals surface area contributed by atoms with E-state index in [1.807, 2.05) is 30.3 Å². The van der Waals surface area contributed by atoms with E-state index < -0.39 is 5.92 Å². The monoisotopic (exact) mass is 341 g/mol. The lowest BCUT2D eigenvalue weighted by Gasteiger charge is -2.33. The van der Waals surface area contributed by atoms with Crippen LogP contribution in [0.2, 0.25) is 0 Å². The van der Waals surface area contributed by atoms with E-state index in [0.717, 1.165) is 16.9 Å². The molecule has 0 amide bonds. The van der Waals surface area contributed by atoms with E-state index in [-0.39, 0.29) is 0 Å². The number of rotatable bonds is 2. The maximum atomic E-state index is 9.92. The molecule has 26 heavy (non-hydrogen) atoms. The number of hydrogen-bond donors (Lipinski definition) is 2. The summed E-state index contributed by atoms with van der Waals surface area (Å²) < 4.78 is 5.62. The van der Waals surface area contributed by atoms with Crippen molar-refractivity contribution in [2.75, 3.05) is 17.3 Å². The summed E-state index contributed by atoms with van der Waals surface area (Å²) in [5, 5.41) is 22.4. The van der Waals surface area contributed by atoms with Crippen molar-refractivity contribution >= 4 is 11.4 Å². The molecule has 3 N–H and O–H groups in total. The highest BCUT2D eigenvalue weighted by Crippen LogP contribution is 2.47. The van der Waals surface area contributed by atoms with Crippen LogP contribution in [0.4, 0.5) is 11.4 Å². The van der Waals surface area contributed by atoms with Gasteiger partial charge in [0.25, 0.3) is 0 Å². The van der Waals surface area contributed by atoms with Gasteiger partial charge in [-0.3, -0.25) is 4.90 Å². The van der Waals surface area contributed by atoms with Crippen LogP contribution in [0.1, 0.15) is 17.0 Å². The predicted octanol–water partition coefficient (Wildman–Crippen LogP) is 3.10. The van der Waals surface area contributed by atoms with Crippen LogP contribution in [0.15, 0.2) is 71.5 Å². The van der Waals surface area contributed by atoms with E-state index in [1.165, 1.54) is 0 Å². The predicted molar refractivity (Wildman–Crippen MR) is 97.3 cm³/mol. The molecular formula is C20H15N5O. The van der Waals surface area contributed by atoms with Crippen LogP contribution < -0.4 is 16.0 Å². The maximum Gasteiger partial charge on any atom is 0.149 e. The molecule has 0 fully saturated rings. The number of nitrogens with zero attached hydrogens (tertiary/aromatic N) is 3. The Morgan fingerprint density at radius 1 is 1.12 bits per heavy atom. The quantitative estimate of drug-likeness (QED) is 0.871. The molecule has 0 spiro atoms. The first-order chi connectivity index (χ1) is 12.7. The van der Waals surface area contributed by atoms with Gasteiger partial charge in [-0.1, -0.05) is 24.3 Å². The normalized spacial score (nSPS) is 17.8. The van der Waals surface area contributed by atoms with Gasteiger partial charge in [0.15, 0.2) is 0 Å². The molecule has 1 atom stereocenters. The molecule has 126 valence electrons. The number of methoxy groups -OCH3 is 1. The molecule has 0 bridgehead atoms. The fraction of sp³-hybridized carbons (Fsp3) is 0.100. The first-order valence-corrected chi connectivity index (χ1v) is 8.03. The summed E-state index contributed by atoms with van der Waals surface area (Å²) in [6.07, 6.45) is 0. The SMILES string of the molecule is COC1=C(N)N2C(=C(C#N)C1c1cccc(C#N)c1)Nc1ccccc12. The molecule has 0 saturated carbocycles. The Labute approximate surface area is 151 Å². The molecule has 0 saturated heterocycles. The van der Waals surface area contributed by atoms with E-state index in [2.05, 4.69) is 17.5 Å². The molecule has 6 heteroatoms. The molecule has 2 aromatic rings. The lowest BCUT2D eigenvalue weighted by atomic mass is 9.86. The Kier molecular flexibility index (Phi) is 3.53. The Morgan fingerprint density at radius 2 is 1.92 bits per heavy atom. The number of anilines is 2. The Bertz CT molecular complexity index is 1050. The van der Waals surface area contributed by atoms with E-state index in [1.54, 1.807) is 30.2 Å². The lowest BCUT2D eigenvalue weighted by Crippen LogP contribution is -2.35. The number of nitrogens with one attached hydrogen (secondary N) is 1. The zero-order valence-electron chi connectivity index (χ0n) is 14.0. The standard InChI is InChI=1S/C20H15N5O/c1-26-18-17(13-6-4-5-12(9-13)10-21)14(11-22)20-24-15-7-2-3-8-16(15)25(20)19(18)23/h2-9,17,24H,23H2,1H3. The minimum absolute atomic E-state index is 0.423.